The molecule has 0 amide bonds. The van der Waals surface area contributed by atoms with Crippen LogP contribution in [0.3, 0.4) is 0 Å². The van der Waals surface area contributed by atoms with Gasteiger partial charge in [-0.25, -0.2) is 0 Å². The van der Waals surface area contributed by atoms with Gasteiger partial charge in [-0.15, -0.1) is 0 Å². The Bertz CT molecular complexity index is 959. The molecule has 2 aromatic rings. The molecule has 0 aromatic heterocycles. The van der Waals surface area contributed by atoms with Crippen molar-refractivity contribution in [2.24, 2.45) is 0 Å². The van der Waals surface area contributed by atoms with E-state index in [0.29, 0.717) is 17.9 Å². The van der Waals surface area contributed by atoms with Gasteiger partial charge in [0, 0.05) is 36.6 Å². The zero-order chi connectivity index (χ0) is 20.5. The lowest BCUT2D eigenvalue weighted by Gasteiger charge is -2.25. The number of benzene rings is 2. The molecule has 1 heterocycles. The van der Waals surface area contributed by atoms with Crippen molar-refractivity contribution in [2.75, 3.05) is 0 Å². The molecule has 1 unspecified atom stereocenters. The molecule has 1 aliphatic rings. The van der Waals surface area contributed by atoms with Crippen LogP contribution in [0.1, 0.15) is 51.2 Å². The van der Waals surface area contributed by atoms with E-state index in [4.69, 9.17) is 14.2 Å². The number of ether oxygens (including phenoxy) is 3. The fourth-order valence-electron chi connectivity index (χ4n) is 3.81. The first-order chi connectivity index (χ1) is 13.2. The summed E-state index contributed by atoms with van der Waals surface area (Å²) in [7, 11) is 0. The monoisotopic (exact) mass is 382 g/mol. The molecule has 0 saturated carbocycles. The van der Waals surface area contributed by atoms with Crippen molar-refractivity contribution in [1.29, 1.82) is 0 Å². The molecule has 0 N–H and O–H groups in total. The lowest BCUT2D eigenvalue weighted by molar-refractivity contribution is -0.133. The van der Waals surface area contributed by atoms with Gasteiger partial charge in [0.25, 0.3) is 0 Å². The summed E-state index contributed by atoms with van der Waals surface area (Å²) in [5, 5.41) is 1.49. The minimum atomic E-state index is -0.387. The number of fused-ring (bicyclic) bond motifs is 1. The predicted octanol–water partition coefficient (Wildman–Crippen LogP) is 5.01. The van der Waals surface area contributed by atoms with Crippen LogP contribution in [0.2, 0.25) is 0 Å². The van der Waals surface area contributed by atoms with Gasteiger partial charge in [-0.2, -0.15) is 0 Å². The second kappa shape index (κ2) is 7.66. The molecule has 1 fully saturated rings. The van der Waals surface area contributed by atoms with Crippen molar-refractivity contribution in [3.8, 4) is 11.5 Å². The highest BCUT2D eigenvalue weighted by molar-refractivity contribution is 5.98. The maximum Gasteiger partial charge on any atom is 0.308 e. The van der Waals surface area contributed by atoms with E-state index in [-0.39, 0.29) is 17.5 Å². The molecular weight excluding hydrogens is 356 g/mol. The van der Waals surface area contributed by atoms with Gasteiger partial charge in [-0.3, -0.25) is 9.59 Å². The molecule has 1 atom stereocenters. The molecule has 0 radical (unpaired) electrons. The van der Waals surface area contributed by atoms with Crippen molar-refractivity contribution < 1.29 is 23.8 Å². The van der Waals surface area contributed by atoms with E-state index in [2.05, 4.69) is 13.5 Å². The smallest absolute Gasteiger partial charge is 0.308 e. The number of rotatable bonds is 5. The van der Waals surface area contributed by atoms with Gasteiger partial charge in [-0.1, -0.05) is 30.8 Å². The molecule has 5 heteroatoms. The van der Waals surface area contributed by atoms with Gasteiger partial charge in [0.05, 0.1) is 5.76 Å². The average molecular weight is 382 g/mol. The maximum atomic E-state index is 11.8. The third-order valence-corrected chi connectivity index (χ3v) is 5.20. The minimum absolute atomic E-state index is 0.301. The summed E-state index contributed by atoms with van der Waals surface area (Å²) >= 11 is 0. The third-order valence-electron chi connectivity index (χ3n) is 5.20. The fraction of sp³-hybridized carbons (Fsp3) is 0.391. The summed E-state index contributed by atoms with van der Waals surface area (Å²) in [6.45, 7) is 10.6. The molecular formula is C23H26O5. The van der Waals surface area contributed by atoms with E-state index >= 15 is 0 Å². The van der Waals surface area contributed by atoms with Gasteiger partial charge in [-0.05, 0) is 38.7 Å². The van der Waals surface area contributed by atoms with Crippen LogP contribution in [-0.4, -0.2) is 17.5 Å². The van der Waals surface area contributed by atoms with Gasteiger partial charge in [0.1, 0.15) is 17.1 Å². The fourth-order valence-corrected chi connectivity index (χ4v) is 3.81. The summed E-state index contributed by atoms with van der Waals surface area (Å²) in [6.07, 6.45) is 3.11. The Kier molecular flexibility index (Phi) is 5.45. The van der Waals surface area contributed by atoms with Gasteiger partial charge in [0.15, 0.2) is 0 Å². The second-order valence-corrected chi connectivity index (χ2v) is 7.59. The van der Waals surface area contributed by atoms with Gasteiger partial charge >= 0.3 is 11.9 Å². The van der Waals surface area contributed by atoms with Crippen LogP contribution in [0.25, 0.3) is 10.8 Å². The minimum Gasteiger partial charge on any atom is -0.493 e. The van der Waals surface area contributed by atoms with E-state index in [1.54, 1.807) is 0 Å². The molecule has 0 aliphatic carbocycles. The second-order valence-electron chi connectivity index (χ2n) is 7.59. The average Bonchev–Trinajstić information content (AvgIpc) is 2.96. The van der Waals surface area contributed by atoms with Crippen LogP contribution in [0, 0.1) is 6.92 Å². The quantitative estimate of drug-likeness (QED) is 0.537. The van der Waals surface area contributed by atoms with Crippen LogP contribution >= 0.6 is 0 Å². The topological polar surface area (TPSA) is 61.8 Å². The van der Waals surface area contributed by atoms with E-state index in [0.717, 1.165) is 46.9 Å². The SMILES string of the molecule is C=C1CCC(C)(CCc2c(C)c(OC(C)=O)c3ccccc3c2OC(C)=O)O1. The van der Waals surface area contributed by atoms with Crippen LogP contribution in [0.4, 0.5) is 0 Å². The molecule has 2 aromatic carbocycles. The number of esters is 2. The number of carbonyl (C=O) groups is 2. The maximum absolute atomic E-state index is 11.8. The lowest BCUT2D eigenvalue weighted by atomic mass is 9.90. The van der Waals surface area contributed by atoms with Crippen LogP contribution in [0.5, 0.6) is 11.5 Å². The highest BCUT2D eigenvalue weighted by Crippen LogP contribution is 2.43. The molecule has 1 saturated heterocycles. The zero-order valence-electron chi connectivity index (χ0n) is 16.9. The summed E-state index contributed by atoms with van der Waals surface area (Å²) in [5.74, 6) is 1.07. The normalized spacial score (nSPS) is 18.8. The highest BCUT2D eigenvalue weighted by atomic mass is 16.5. The predicted molar refractivity (Wildman–Crippen MR) is 107 cm³/mol. The van der Waals surface area contributed by atoms with E-state index in [1.165, 1.54) is 13.8 Å². The number of hydrogen-bond acceptors (Lipinski definition) is 5. The Balaban J connectivity index is 2.12. The van der Waals surface area contributed by atoms with Crippen LogP contribution in [0.15, 0.2) is 36.6 Å². The van der Waals surface area contributed by atoms with Gasteiger partial charge in [0.2, 0.25) is 0 Å². The van der Waals surface area contributed by atoms with Crippen molar-refractivity contribution in [2.45, 2.75) is 59.0 Å². The first-order valence-corrected chi connectivity index (χ1v) is 9.48. The molecule has 28 heavy (non-hydrogen) atoms. The first kappa shape index (κ1) is 19.9. The summed E-state index contributed by atoms with van der Waals surface area (Å²) in [4.78, 5) is 23.5. The number of carbonyl (C=O) groups excluding carboxylic acids is 2. The van der Waals surface area contributed by atoms with Crippen molar-refractivity contribution in [3.63, 3.8) is 0 Å². The Morgan fingerprint density at radius 3 is 2.21 bits per heavy atom. The van der Waals surface area contributed by atoms with Crippen LogP contribution in [-0.2, 0) is 20.7 Å². The molecule has 5 nitrogen and oxygen atoms in total. The molecule has 0 spiro atoms. The largest absolute Gasteiger partial charge is 0.493 e. The lowest BCUT2D eigenvalue weighted by Crippen LogP contribution is -2.23. The standard InChI is InChI=1S/C23H26O5/c1-14-10-12-23(5,28-14)13-11-18-15(2)21(26-16(3)24)19-8-6-7-9-20(19)22(18)27-17(4)25/h6-9H,1,10-13H2,2-5H3. The highest BCUT2D eigenvalue weighted by Gasteiger charge is 2.33. The molecule has 148 valence electrons. The summed E-state index contributed by atoms with van der Waals surface area (Å²) in [5.41, 5.74) is 1.35. The van der Waals surface area contributed by atoms with E-state index in [1.807, 2.05) is 31.2 Å². The zero-order valence-corrected chi connectivity index (χ0v) is 16.9. The number of hydrogen-bond donors (Lipinski definition) is 0. The third kappa shape index (κ3) is 4.03. The summed E-state index contributed by atoms with van der Waals surface area (Å²) in [6, 6.07) is 7.48. The summed E-state index contributed by atoms with van der Waals surface area (Å²) < 4.78 is 17.1. The molecule has 0 bridgehead atoms. The van der Waals surface area contributed by atoms with E-state index in [9.17, 15) is 9.59 Å². The Morgan fingerprint density at radius 1 is 1.11 bits per heavy atom. The molecule has 1 aliphatic heterocycles. The van der Waals surface area contributed by atoms with Crippen molar-refractivity contribution >= 4 is 22.7 Å². The Morgan fingerprint density at radius 2 is 1.68 bits per heavy atom. The van der Waals surface area contributed by atoms with E-state index < -0.39 is 0 Å². The van der Waals surface area contributed by atoms with Gasteiger partial charge < -0.3 is 14.2 Å². The number of allylic oxidation sites excluding steroid dienone is 1. The van der Waals surface area contributed by atoms with Crippen LogP contribution < -0.4 is 9.47 Å². The molecule has 3 rings (SSSR count). The Hall–Kier alpha value is -2.82. The van der Waals surface area contributed by atoms with Crippen molar-refractivity contribution in [1.82, 2.24) is 0 Å². The Labute approximate surface area is 165 Å². The van der Waals surface area contributed by atoms with Crippen molar-refractivity contribution in [3.05, 3.63) is 47.7 Å². The first-order valence-electron chi connectivity index (χ1n) is 9.48.